The molecule has 2 rings (SSSR count). The van der Waals surface area contributed by atoms with E-state index in [4.69, 9.17) is 0 Å². The Labute approximate surface area is 145 Å². The summed E-state index contributed by atoms with van der Waals surface area (Å²) in [5.41, 5.74) is 3.51. The van der Waals surface area contributed by atoms with Crippen molar-refractivity contribution in [2.75, 3.05) is 0 Å². The highest BCUT2D eigenvalue weighted by atomic mass is 16.1. The summed E-state index contributed by atoms with van der Waals surface area (Å²) >= 11 is 0. The molecular weight excluding hydrogens is 280 g/mol. The third-order valence-corrected chi connectivity index (χ3v) is 5.37. The summed E-state index contributed by atoms with van der Waals surface area (Å²) in [6, 6.07) is 0. The molecule has 1 heteroatoms. The maximum Gasteiger partial charge on any atom is 0.133 e. The second-order valence-corrected chi connectivity index (χ2v) is 7.61. The molecule has 1 nitrogen and oxygen atoms in total. The van der Waals surface area contributed by atoms with E-state index in [0.29, 0.717) is 11.2 Å². The van der Waals surface area contributed by atoms with Crippen molar-refractivity contribution >= 4 is 5.78 Å². The lowest BCUT2D eigenvalue weighted by Gasteiger charge is -2.30. The molecule has 1 spiro atoms. The summed E-state index contributed by atoms with van der Waals surface area (Å²) in [6.45, 7) is 14.7. The van der Waals surface area contributed by atoms with Crippen molar-refractivity contribution in [1.29, 1.82) is 0 Å². The van der Waals surface area contributed by atoms with Gasteiger partial charge in [-0.15, -0.1) is 0 Å². The van der Waals surface area contributed by atoms with Gasteiger partial charge in [-0.2, -0.15) is 0 Å². The first-order chi connectivity index (χ1) is 10.8. The Morgan fingerprint density at radius 2 is 1.57 bits per heavy atom. The van der Waals surface area contributed by atoms with Gasteiger partial charge in [0, 0.05) is 12.8 Å². The smallest absolute Gasteiger partial charge is 0.133 e. The molecule has 0 aromatic rings. The van der Waals surface area contributed by atoms with Crippen molar-refractivity contribution in [3.63, 3.8) is 0 Å². The van der Waals surface area contributed by atoms with E-state index < -0.39 is 0 Å². The van der Waals surface area contributed by atoms with Crippen molar-refractivity contribution in [3.05, 3.63) is 23.3 Å². The van der Waals surface area contributed by atoms with Crippen LogP contribution >= 0.6 is 0 Å². The second kappa shape index (κ2) is 11.6. The number of hydrogen-bond donors (Lipinski definition) is 0. The fraction of sp³-hybridized carbons (Fsp3) is 0.773. The Kier molecular flexibility index (Phi) is 11.2. The zero-order valence-corrected chi connectivity index (χ0v) is 16.8. The van der Waals surface area contributed by atoms with Gasteiger partial charge in [-0.25, -0.2) is 0 Å². The Bertz CT molecular complexity index is 374. The summed E-state index contributed by atoms with van der Waals surface area (Å²) in [4.78, 5) is 11.4. The number of rotatable bonds is 3. The Balaban J connectivity index is 0.000000407. The molecule has 0 amide bonds. The average molecular weight is 321 g/mol. The van der Waals surface area contributed by atoms with Gasteiger partial charge >= 0.3 is 0 Å². The van der Waals surface area contributed by atoms with Crippen molar-refractivity contribution in [1.82, 2.24) is 0 Å². The molecule has 2 aliphatic carbocycles. The zero-order chi connectivity index (χ0) is 17.9. The number of hydrogen-bond acceptors (Lipinski definition) is 1. The molecular formula is C22H40O. The van der Waals surface area contributed by atoms with Gasteiger partial charge in [0.05, 0.1) is 0 Å². The zero-order valence-electron chi connectivity index (χ0n) is 16.8. The molecule has 0 aliphatic heterocycles. The number of carbonyl (C=O) groups is 1. The maximum absolute atomic E-state index is 11.4. The first-order valence-electron chi connectivity index (χ1n) is 9.52. The topological polar surface area (TPSA) is 17.1 Å². The van der Waals surface area contributed by atoms with Gasteiger partial charge in [-0.1, -0.05) is 43.1 Å². The predicted molar refractivity (Wildman–Crippen MR) is 104 cm³/mol. The lowest BCUT2D eigenvalue weighted by molar-refractivity contribution is -0.123. The van der Waals surface area contributed by atoms with Crippen LogP contribution in [0.2, 0.25) is 0 Å². The molecule has 134 valence electrons. The fourth-order valence-electron chi connectivity index (χ4n) is 2.86. The molecule has 0 saturated heterocycles. The second-order valence-electron chi connectivity index (χ2n) is 7.61. The lowest BCUT2D eigenvalue weighted by atomic mass is 9.73. The van der Waals surface area contributed by atoms with E-state index in [0.717, 1.165) is 18.8 Å². The molecule has 0 aromatic carbocycles. The van der Waals surface area contributed by atoms with Gasteiger partial charge in [0.1, 0.15) is 5.78 Å². The molecule has 0 aromatic heterocycles. The first-order valence-corrected chi connectivity index (χ1v) is 9.52. The molecule has 1 unspecified atom stereocenters. The molecule has 0 bridgehead atoms. The van der Waals surface area contributed by atoms with Gasteiger partial charge in [0.25, 0.3) is 0 Å². The van der Waals surface area contributed by atoms with Gasteiger partial charge in [0.15, 0.2) is 0 Å². The van der Waals surface area contributed by atoms with Crippen LogP contribution in [0.25, 0.3) is 0 Å². The molecule has 1 atom stereocenters. The molecule has 2 aliphatic rings. The maximum atomic E-state index is 11.4. The largest absolute Gasteiger partial charge is 0.300 e. The van der Waals surface area contributed by atoms with Gasteiger partial charge in [-0.05, 0) is 78.6 Å². The van der Waals surface area contributed by atoms with Crippen LogP contribution in [0.5, 0.6) is 0 Å². The number of carbonyl (C=O) groups excluding carboxylic acids is 1. The highest BCUT2D eigenvalue weighted by molar-refractivity contribution is 5.79. The van der Waals surface area contributed by atoms with Gasteiger partial charge in [0.2, 0.25) is 0 Å². The van der Waals surface area contributed by atoms with Crippen LogP contribution in [-0.2, 0) is 4.79 Å². The van der Waals surface area contributed by atoms with Crippen LogP contribution in [-0.4, -0.2) is 5.78 Å². The number of Topliss-reactive ketones (excluding diaryl/α,β-unsaturated/α-hetero) is 1. The highest BCUT2D eigenvalue weighted by Crippen LogP contribution is 2.60. The molecule has 0 N–H and O–H groups in total. The monoisotopic (exact) mass is 320 g/mol. The molecule has 0 heterocycles. The molecule has 2 fully saturated rings. The van der Waals surface area contributed by atoms with E-state index in [1.54, 1.807) is 0 Å². The quantitative estimate of drug-likeness (QED) is 0.500. The van der Waals surface area contributed by atoms with Crippen molar-refractivity contribution in [2.45, 2.75) is 99.8 Å². The third kappa shape index (κ3) is 9.13. The van der Waals surface area contributed by atoms with Crippen LogP contribution in [0.3, 0.4) is 0 Å². The van der Waals surface area contributed by atoms with Crippen LogP contribution in [0.15, 0.2) is 23.3 Å². The van der Waals surface area contributed by atoms with E-state index in [1.165, 1.54) is 49.7 Å². The molecule has 23 heavy (non-hydrogen) atoms. The number of unbranched alkanes of at least 4 members (excludes halogenated alkanes) is 1. The van der Waals surface area contributed by atoms with Gasteiger partial charge in [-0.3, -0.25) is 4.79 Å². The Hall–Kier alpha value is -0.850. The molecule has 2 saturated carbocycles. The number of ketones is 1. The third-order valence-electron chi connectivity index (χ3n) is 5.37. The summed E-state index contributed by atoms with van der Waals surface area (Å²) in [7, 11) is 0. The normalized spacial score (nSPS) is 21.2. The van der Waals surface area contributed by atoms with Crippen molar-refractivity contribution < 1.29 is 4.79 Å². The summed E-state index contributed by atoms with van der Waals surface area (Å²) in [5, 5.41) is 0. The average Bonchev–Trinajstić information content (AvgIpc) is 3.30. The fourth-order valence-corrected chi connectivity index (χ4v) is 2.86. The minimum absolute atomic E-state index is 0.527. The Morgan fingerprint density at radius 3 is 1.91 bits per heavy atom. The van der Waals surface area contributed by atoms with Crippen LogP contribution < -0.4 is 0 Å². The van der Waals surface area contributed by atoms with Crippen LogP contribution in [0.4, 0.5) is 0 Å². The van der Waals surface area contributed by atoms with E-state index in [2.05, 4.69) is 34.6 Å². The van der Waals surface area contributed by atoms with Gasteiger partial charge < -0.3 is 0 Å². The predicted octanol–water partition coefficient (Wildman–Crippen LogP) is 7.27. The minimum Gasteiger partial charge on any atom is -0.300 e. The number of allylic oxidation sites excluding steroid dienone is 4. The summed E-state index contributed by atoms with van der Waals surface area (Å²) in [6.07, 6.45) is 13.7. The van der Waals surface area contributed by atoms with Crippen molar-refractivity contribution in [3.8, 4) is 0 Å². The Morgan fingerprint density at radius 1 is 1.04 bits per heavy atom. The van der Waals surface area contributed by atoms with E-state index in [9.17, 15) is 4.79 Å². The summed E-state index contributed by atoms with van der Waals surface area (Å²) in [5.74, 6) is 1.28. The lowest BCUT2D eigenvalue weighted by Crippen LogP contribution is -2.26. The van der Waals surface area contributed by atoms with E-state index in [1.807, 2.05) is 26.0 Å². The van der Waals surface area contributed by atoms with Crippen LogP contribution in [0, 0.1) is 11.3 Å². The van der Waals surface area contributed by atoms with Crippen molar-refractivity contribution in [2.24, 2.45) is 11.3 Å². The van der Waals surface area contributed by atoms with E-state index in [-0.39, 0.29) is 0 Å². The van der Waals surface area contributed by atoms with Crippen LogP contribution in [0.1, 0.15) is 99.8 Å². The highest BCUT2D eigenvalue weighted by Gasteiger charge is 2.50. The standard InChI is InChI=1S/C12H20O.C6H12.C4H8/c1-2-3-4-10-9-11(13)5-6-12(10)7-8-12;1-5(2)6(3)4;1-3-4-2/h10H,2-9H2,1H3;1-4H3;3-4H,1-2H3/b;;4-3-. The summed E-state index contributed by atoms with van der Waals surface area (Å²) < 4.78 is 0. The first kappa shape index (κ1) is 22.1. The molecule has 0 radical (unpaired) electrons. The van der Waals surface area contributed by atoms with E-state index >= 15 is 0 Å². The minimum atomic E-state index is 0.527. The SMILES string of the molecule is C/C=C\C.CC(C)=C(C)C.CCCCC1CC(=O)CCC12CC2.